The third-order valence-corrected chi connectivity index (χ3v) is 8.38. The van der Waals surface area contributed by atoms with Crippen molar-refractivity contribution in [1.29, 1.82) is 0 Å². The fourth-order valence-electron chi connectivity index (χ4n) is 3.06. The molecule has 5 heterocycles. The highest BCUT2D eigenvalue weighted by Crippen LogP contribution is 2.36. The van der Waals surface area contributed by atoms with Gasteiger partial charge in [0.05, 0.1) is 16.2 Å². The minimum atomic E-state index is -0.173. The summed E-state index contributed by atoms with van der Waals surface area (Å²) in [5.74, 6) is 0.576. The minimum absolute atomic E-state index is 0.0598. The first-order chi connectivity index (χ1) is 14.0. The molecule has 1 atom stereocenters. The lowest BCUT2D eigenvalue weighted by atomic mass is 10.2. The summed E-state index contributed by atoms with van der Waals surface area (Å²) < 4.78 is 2.20. The Morgan fingerprint density at radius 3 is 2.79 bits per heavy atom. The smallest absolute Gasteiger partial charge is 0.271 e. The van der Waals surface area contributed by atoms with Gasteiger partial charge in [-0.2, -0.15) is 0 Å². The van der Waals surface area contributed by atoms with Crippen molar-refractivity contribution in [3.63, 3.8) is 0 Å². The summed E-state index contributed by atoms with van der Waals surface area (Å²) in [6.07, 6.45) is 0. The molecule has 0 fully saturated rings. The van der Waals surface area contributed by atoms with Gasteiger partial charge < -0.3 is 4.98 Å². The van der Waals surface area contributed by atoms with Crippen molar-refractivity contribution in [1.82, 2.24) is 19.5 Å². The monoisotopic (exact) mass is 458 g/mol. The molecule has 0 aromatic carbocycles. The number of aromatic amines is 1. The number of hydrogen-bond donors (Lipinski definition) is 1. The molecule has 6 nitrogen and oxygen atoms in total. The summed E-state index contributed by atoms with van der Waals surface area (Å²) in [6, 6.07) is 5.82. The molecule has 0 aliphatic heterocycles. The van der Waals surface area contributed by atoms with Gasteiger partial charge in [-0.3, -0.25) is 14.2 Å². The van der Waals surface area contributed by atoms with Crippen molar-refractivity contribution in [2.24, 2.45) is 7.05 Å². The zero-order valence-electron chi connectivity index (χ0n) is 15.3. The van der Waals surface area contributed by atoms with Crippen LogP contribution in [0.4, 0.5) is 0 Å². The fourth-order valence-corrected chi connectivity index (χ4v) is 6.56. The molecule has 0 aliphatic carbocycles. The van der Waals surface area contributed by atoms with Crippen LogP contribution in [0, 0.1) is 0 Å². The lowest BCUT2D eigenvalue weighted by Gasteiger charge is -2.12. The summed E-state index contributed by atoms with van der Waals surface area (Å²) in [5.41, 5.74) is 1.42. The van der Waals surface area contributed by atoms with E-state index in [1.54, 1.807) is 23.0 Å². The van der Waals surface area contributed by atoms with Crippen molar-refractivity contribution in [2.45, 2.75) is 17.3 Å². The van der Waals surface area contributed by atoms with Gasteiger partial charge >= 0.3 is 0 Å². The van der Waals surface area contributed by atoms with E-state index in [-0.39, 0.29) is 16.4 Å². The summed E-state index contributed by atoms with van der Waals surface area (Å²) in [5, 5.41) is 6.90. The molecule has 0 spiro atoms. The average Bonchev–Trinajstić information content (AvgIpc) is 3.44. The van der Waals surface area contributed by atoms with Gasteiger partial charge in [0.2, 0.25) is 0 Å². The molecule has 0 bridgehead atoms. The molecule has 5 aromatic heterocycles. The number of hydrogen-bond acceptors (Lipinski definition) is 8. The van der Waals surface area contributed by atoms with Crippen LogP contribution in [-0.4, -0.2) is 19.5 Å². The predicted octanol–water partition coefficient (Wildman–Crippen LogP) is 4.87. The molecule has 5 aromatic rings. The van der Waals surface area contributed by atoms with Gasteiger partial charge in [-0.05, 0) is 29.8 Å². The van der Waals surface area contributed by atoms with Crippen molar-refractivity contribution >= 4 is 66.2 Å². The Bertz CT molecular complexity index is 1460. The van der Waals surface area contributed by atoms with Crippen LogP contribution in [0.1, 0.15) is 18.0 Å². The van der Waals surface area contributed by atoms with E-state index in [0.29, 0.717) is 26.6 Å². The van der Waals surface area contributed by atoms with Gasteiger partial charge in [-0.15, -0.1) is 34.0 Å². The number of H-pyrrole nitrogens is 1. The first-order valence-corrected chi connectivity index (χ1v) is 12.2. The number of aromatic nitrogens is 4. The summed E-state index contributed by atoms with van der Waals surface area (Å²) >= 11 is 5.87. The van der Waals surface area contributed by atoms with Crippen molar-refractivity contribution in [3.8, 4) is 10.4 Å². The van der Waals surface area contributed by atoms with Gasteiger partial charge in [-0.25, -0.2) is 9.97 Å². The Hall–Kier alpha value is -2.27. The van der Waals surface area contributed by atoms with Crippen LogP contribution in [0.25, 0.3) is 30.9 Å². The summed E-state index contributed by atoms with van der Waals surface area (Å²) in [4.78, 5) is 39.4. The summed E-state index contributed by atoms with van der Waals surface area (Å²) in [7, 11) is 1.72. The van der Waals surface area contributed by atoms with Crippen LogP contribution >= 0.6 is 45.8 Å². The molecule has 0 radical (unpaired) electrons. The van der Waals surface area contributed by atoms with Crippen LogP contribution in [0.15, 0.2) is 49.1 Å². The normalized spacial score (nSPS) is 12.8. The lowest BCUT2D eigenvalue weighted by molar-refractivity contribution is 0.724. The van der Waals surface area contributed by atoms with Crippen LogP contribution in [0.2, 0.25) is 0 Å². The molecule has 146 valence electrons. The van der Waals surface area contributed by atoms with Crippen LogP contribution in [0.5, 0.6) is 0 Å². The van der Waals surface area contributed by atoms with Crippen molar-refractivity contribution < 1.29 is 0 Å². The van der Waals surface area contributed by atoms with Crippen molar-refractivity contribution in [3.05, 3.63) is 60.9 Å². The van der Waals surface area contributed by atoms with E-state index in [0.717, 1.165) is 15.3 Å². The van der Waals surface area contributed by atoms with E-state index in [2.05, 4.69) is 9.97 Å². The molecular formula is C19H14N4O2S4. The zero-order chi connectivity index (χ0) is 20.1. The maximum absolute atomic E-state index is 12.8. The van der Waals surface area contributed by atoms with Crippen LogP contribution < -0.4 is 11.1 Å². The van der Waals surface area contributed by atoms with Gasteiger partial charge in [0, 0.05) is 22.9 Å². The maximum Gasteiger partial charge on any atom is 0.271 e. The Labute approximate surface area is 180 Å². The molecule has 1 unspecified atom stereocenters. The molecule has 0 saturated carbocycles. The third-order valence-electron chi connectivity index (χ3n) is 4.56. The first kappa shape index (κ1) is 18.7. The highest BCUT2D eigenvalue weighted by atomic mass is 32.2. The maximum atomic E-state index is 12.8. The van der Waals surface area contributed by atoms with Gasteiger partial charge in [0.25, 0.3) is 11.1 Å². The number of nitrogens with zero attached hydrogens (tertiary/aromatic N) is 3. The summed E-state index contributed by atoms with van der Waals surface area (Å²) in [6.45, 7) is 1.95. The highest BCUT2D eigenvalue weighted by Gasteiger charge is 2.19. The number of rotatable bonds is 4. The van der Waals surface area contributed by atoms with E-state index in [1.165, 1.54) is 34.4 Å². The van der Waals surface area contributed by atoms with E-state index in [4.69, 9.17) is 4.98 Å². The van der Waals surface area contributed by atoms with Gasteiger partial charge in [0.15, 0.2) is 5.16 Å². The SMILES string of the molecule is CC(Sc1nc2ccsc2c(=O)n1C)c1nc2scc(-c3cccs3)c2c(=O)[nH]1. The second-order valence-corrected chi connectivity index (χ2v) is 10.4. The Balaban J connectivity index is 1.54. The second-order valence-electron chi connectivity index (χ2n) is 6.41. The Morgan fingerprint density at radius 2 is 2.00 bits per heavy atom. The third kappa shape index (κ3) is 3.16. The minimum Gasteiger partial charge on any atom is -0.309 e. The largest absolute Gasteiger partial charge is 0.309 e. The molecule has 29 heavy (non-hydrogen) atoms. The van der Waals surface area contributed by atoms with Gasteiger partial charge in [-0.1, -0.05) is 17.8 Å². The number of nitrogens with one attached hydrogen (secondary N) is 1. The molecule has 10 heteroatoms. The van der Waals surface area contributed by atoms with E-state index in [1.807, 2.05) is 41.3 Å². The number of fused-ring (bicyclic) bond motifs is 2. The molecule has 1 N–H and O–H groups in total. The standard InChI is InChI=1S/C19H14N4O2S4/c1-9(29-19-20-11-5-7-27-14(11)18(25)23(19)2)15-21-16(24)13-10(8-28-17(13)22-15)12-4-3-6-26-12/h3-9H,1-2H3,(H,21,22,24). The van der Waals surface area contributed by atoms with E-state index < -0.39 is 0 Å². The fraction of sp³-hybridized carbons (Fsp3) is 0.158. The quantitative estimate of drug-likeness (QED) is 0.307. The Morgan fingerprint density at radius 1 is 1.14 bits per heavy atom. The molecular weight excluding hydrogens is 445 g/mol. The number of thioether (sulfide) groups is 1. The first-order valence-electron chi connectivity index (χ1n) is 8.69. The van der Waals surface area contributed by atoms with Crippen molar-refractivity contribution in [2.75, 3.05) is 0 Å². The van der Waals surface area contributed by atoms with Crippen LogP contribution in [0.3, 0.4) is 0 Å². The highest BCUT2D eigenvalue weighted by molar-refractivity contribution is 7.99. The van der Waals surface area contributed by atoms with Crippen LogP contribution in [-0.2, 0) is 7.05 Å². The number of thiophene rings is 3. The average molecular weight is 459 g/mol. The van der Waals surface area contributed by atoms with E-state index >= 15 is 0 Å². The van der Waals surface area contributed by atoms with Gasteiger partial charge in [0.1, 0.15) is 15.4 Å². The molecule has 0 saturated heterocycles. The Kier molecular flexibility index (Phi) is 4.66. The second kappa shape index (κ2) is 7.21. The predicted molar refractivity (Wildman–Crippen MR) is 123 cm³/mol. The molecule has 0 aliphatic rings. The lowest BCUT2D eigenvalue weighted by Crippen LogP contribution is -2.19. The topological polar surface area (TPSA) is 80.6 Å². The zero-order valence-corrected chi connectivity index (χ0v) is 18.6. The van der Waals surface area contributed by atoms with E-state index in [9.17, 15) is 9.59 Å². The molecule has 5 rings (SSSR count). The molecule has 0 amide bonds.